The molecule has 1 N–H and O–H groups in total. The number of aromatic nitrogens is 3. The number of rotatable bonds is 7. The van der Waals surface area contributed by atoms with E-state index >= 15 is 0 Å². The molecule has 0 unspecified atom stereocenters. The first-order valence-corrected chi connectivity index (χ1v) is 10.6. The molecule has 2 aromatic carbocycles. The Balaban J connectivity index is 1.45. The molecule has 0 radical (unpaired) electrons. The number of ether oxygens (including phenoxy) is 1. The standard InChI is InChI=1S/C22H22N4O3S/c1-4-14-8-10-16(11-9-14)23-19(27)13-30-22-25-24-21(26(22)2)18-12-15-6-5-7-17(28-3)20(15)29-18/h5-12H,4,13H2,1-3H3,(H,23,27). The molecule has 2 aromatic heterocycles. The third kappa shape index (κ3) is 4.04. The normalized spacial score (nSPS) is 11.0. The molecule has 0 atom stereocenters. The fourth-order valence-corrected chi connectivity index (χ4v) is 3.82. The fourth-order valence-electron chi connectivity index (χ4n) is 3.11. The minimum atomic E-state index is -0.0951. The van der Waals surface area contributed by atoms with Gasteiger partial charge in [0.1, 0.15) is 0 Å². The summed E-state index contributed by atoms with van der Waals surface area (Å²) in [7, 11) is 3.46. The molecule has 30 heavy (non-hydrogen) atoms. The van der Waals surface area contributed by atoms with Gasteiger partial charge in [-0.15, -0.1) is 10.2 Å². The molecule has 4 rings (SSSR count). The number of methoxy groups -OCH3 is 1. The Bertz CT molecular complexity index is 1180. The van der Waals surface area contributed by atoms with Crippen LogP contribution in [0.5, 0.6) is 5.75 Å². The Morgan fingerprint density at radius 2 is 2.00 bits per heavy atom. The van der Waals surface area contributed by atoms with Crippen LogP contribution in [0.2, 0.25) is 0 Å². The van der Waals surface area contributed by atoms with Crippen LogP contribution in [0.15, 0.2) is 58.1 Å². The maximum absolute atomic E-state index is 12.3. The first-order valence-electron chi connectivity index (χ1n) is 9.57. The minimum Gasteiger partial charge on any atom is -0.493 e. The molecule has 8 heteroatoms. The van der Waals surface area contributed by atoms with Crippen LogP contribution in [0.1, 0.15) is 12.5 Å². The zero-order chi connectivity index (χ0) is 21.1. The number of aryl methyl sites for hydroxylation is 1. The van der Waals surface area contributed by atoms with E-state index in [2.05, 4.69) is 22.4 Å². The Labute approximate surface area is 178 Å². The average Bonchev–Trinajstić information content (AvgIpc) is 3.35. The summed E-state index contributed by atoms with van der Waals surface area (Å²) < 4.78 is 13.1. The van der Waals surface area contributed by atoms with Crippen molar-refractivity contribution in [3.63, 3.8) is 0 Å². The van der Waals surface area contributed by atoms with Crippen molar-refractivity contribution < 1.29 is 13.9 Å². The lowest BCUT2D eigenvalue weighted by Gasteiger charge is -2.06. The van der Waals surface area contributed by atoms with Crippen LogP contribution in [0.3, 0.4) is 0 Å². The number of para-hydroxylation sites is 1. The van der Waals surface area contributed by atoms with Gasteiger partial charge in [0.05, 0.1) is 12.9 Å². The van der Waals surface area contributed by atoms with Gasteiger partial charge in [-0.25, -0.2) is 0 Å². The Kier molecular flexibility index (Phi) is 5.76. The molecule has 0 saturated carbocycles. The fraction of sp³-hybridized carbons (Fsp3) is 0.227. The number of thioether (sulfide) groups is 1. The quantitative estimate of drug-likeness (QED) is 0.441. The van der Waals surface area contributed by atoms with Crippen LogP contribution in [-0.4, -0.2) is 33.5 Å². The minimum absolute atomic E-state index is 0.0951. The molecule has 0 fully saturated rings. The summed E-state index contributed by atoms with van der Waals surface area (Å²) in [6, 6.07) is 15.5. The van der Waals surface area contributed by atoms with E-state index in [4.69, 9.17) is 9.15 Å². The van der Waals surface area contributed by atoms with Crippen molar-refractivity contribution in [2.75, 3.05) is 18.2 Å². The van der Waals surface area contributed by atoms with Gasteiger partial charge in [0, 0.05) is 18.1 Å². The second-order valence-electron chi connectivity index (χ2n) is 6.74. The summed E-state index contributed by atoms with van der Waals surface area (Å²) in [6.07, 6.45) is 0.969. The van der Waals surface area contributed by atoms with Crippen molar-refractivity contribution in [1.82, 2.24) is 14.8 Å². The van der Waals surface area contributed by atoms with E-state index in [1.165, 1.54) is 17.3 Å². The van der Waals surface area contributed by atoms with E-state index in [1.807, 2.05) is 60.1 Å². The van der Waals surface area contributed by atoms with E-state index in [9.17, 15) is 4.79 Å². The van der Waals surface area contributed by atoms with Gasteiger partial charge in [-0.05, 0) is 36.2 Å². The van der Waals surface area contributed by atoms with Gasteiger partial charge in [-0.3, -0.25) is 4.79 Å². The highest BCUT2D eigenvalue weighted by Crippen LogP contribution is 2.33. The van der Waals surface area contributed by atoms with Gasteiger partial charge in [0.15, 0.2) is 28.1 Å². The van der Waals surface area contributed by atoms with E-state index < -0.39 is 0 Å². The summed E-state index contributed by atoms with van der Waals surface area (Å²) >= 11 is 1.32. The van der Waals surface area contributed by atoms with Crippen molar-refractivity contribution in [1.29, 1.82) is 0 Å². The molecule has 2 heterocycles. The van der Waals surface area contributed by atoms with Gasteiger partial charge in [-0.1, -0.05) is 43.0 Å². The van der Waals surface area contributed by atoms with Gasteiger partial charge >= 0.3 is 0 Å². The molecular formula is C22H22N4O3S. The predicted molar refractivity (Wildman–Crippen MR) is 118 cm³/mol. The Morgan fingerprint density at radius 1 is 1.20 bits per heavy atom. The lowest BCUT2D eigenvalue weighted by Crippen LogP contribution is -2.14. The van der Waals surface area contributed by atoms with Crippen molar-refractivity contribution in [3.8, 4) is 17.3 Å². The van der Waals surface area contributed by atoms with Crippen LogP contribution >= 0.6 is 11.8 Å². The Hall–Kier alpha value is -3.26. The molecule has 0 aliphatic heterocycles. The summed E-state index contributed by atoms with van der Waals surface area (Å²) in [5.41, 5.74) is 2.69. The van der Waals surface area contributed by atoms with Crippen LogP contribution in [0.4, 0.5) is 5.69 Å². The van der Waals surface area contributed by atoms with Crippen molar-refractivity contribution in [2.24, 2.45) is 7.05 Å². The SMILES string of the molecule is CCc1ccc(NC(=O)CSc2nnc(-c3cc4cccc(OC)c4o3)n2C)cc1. The highest BCUT2D eigenvalue weighted by atomic mass is 32.2. The predicted octanol–water partition coefficient (Wildman–Crippen LogP) is 4.53. The monoisotopic (exact) mass is 422 g/mol. The van der Waals surface area contributed by atoms with Crippen molar-refractivity contribution in [3.05, 3.63) is 54.1 Å². The largest absolute Gasteiger partial charge is 0.493 e. The van der Waals surface area contributed by atoms with E-state index in [0.29, 0.717) is 28.1 Å². The van der Waals surface area contributed by atoms with Crippen LogP contribution in [-0.2, 0) is 18.3 Å². The van der Waals surface area contributed by atoms with Crippen molar-refractivity contribution >= 4 is 34.3 Å². The second kappa shape index (κ2) is 8.62. The highest BCUT2D eigenvalue weighted by Gasteiger charge is 2.17. The zero-order valence-electron chi connectivity index (χ0n) is 17.0. The van der Waals surface area contributed by atoms with Crippen LogP contribution < -0.4 is 10.1 Å². The van der Waals surface area contributed by atoms with E-state index in [-0.39, 0.29) is 11.7 Å². The number of carbonyl (C=O) groups is 1. The zero-order valence-corrected chi connectivity index (χ0v) is 17.8. The number of hydrogen-bond acceptors (Lipinski definition) is 6. The molecule has 0 aliphatic carbocycles. The summed E-state index contributed by atoms with van der Waals surface area (Å²) in [4.78, 5) is 12.3. The average molecular weight is 423 g/mol. The maximum atomic E-state index is 12.3. The number of hydrogen-bond donors (Lipinski definition) is 1. The molecule has 0 spiro atoms. The lowest BCUT2D eigenvalue weighted by atomic mass is 10.1. The van der Waals surface area contributed by atoms with Crippen LogP contribution in [0, 0.1) is 0 Å². The van der Waals surface area contributed by atoms with Gasteiger partial charge in [-0.2, -0.15) is 0 Å². The topological polar surface area (TPSA) is 82.2 Å². The van der Waals surface area contributed by atoms with Crippen molar-refractivity contribution in [2.45, 2.75) is 18.5 Å². The molecule has 4 aromatic rings. The maximum Gasteiger partial charge on any atom is 0.234 e. The van der Waals surface area contributed by atoms with Gasteiger partial charge in [0.25, 0.3) is 0 Å². The number of nitrogens with zero attached hydrogens (tertiary/aromatic N) is 3. The lowest BCUT2D eigenvalue weighted by molar-refractivity contribution is -0.113. The highest BCUT2D eigenvalue weighted by molar-refractivity contribution is 7.99. The molecule has 0 bridgehead atoms. The number of nitrogens with one attached hydrogen (secondary N) is 1. The third-order valence-corrected chi connectivity index (χ3v) is 5.78. The molecule has 7 nitrogen and oxygen atoms in total. The molecule has 154 valence electrons. The number of benzene rings is 2. The molecular weight excluding hydrogens is 400 g/mol. The first kappa shape index (κ1) is 20.0. The molecule has 1 amide bonds. The van der Waals surface area contributed by atoms with E-state index in [0.717, 1.165) is 17.5 Å². The first-order chi connectivity index (χ1) is 14.6. The van der Waals surface area contributed by atoms with E-state index in [1.54, 1.807) is 7.11 Å². The third-order valence-electron chi connectivity index (χ3n) is 4.76. The summed E-state index contributed by atoms with van der Waals surface area (Å²) in [5, 5.41) is 12.9. The van der Waals surface area contributed by atoms with Gasteiger partial charge in [0.2, 0.25) is 5.91 Å². The number of fused-ring (bicyclic) bond motifs is 1. The number of anilines is 1. The van der Waals surface area contributed by atoms with Crippen LogP contribution in [0.25, 0.3) is 22.6 Å². The number of furan rings is 1. The van der Waals surface area contributed by atoms with Gasteiger partial charge < -0.3 is 19.0 Å². The second-order valence-corrected chi connectivity index (χ2v) is 7.68. The molecule has 0 aliphatic rings. The Morgan fingerprint density at radius 3 is 2.73 bits per heavy atom. The number of amides is 1. The smallest absolute Gasteiger partial charge is 0.234 e. The number of carbonyl (C=O) groups excluding carboxylic acids is 1. The summed E-state index contributed by atoms with van der Waals surface area (Å²) in [5.74, 6) is 1.99. The molecule has 0 saturated heterocycles. The summed E-state index contributed by atoms with van der Waals surface area (Å²) in [6.45, 7) is 2.10.